The maximum absolute atomic E-state index is 13.7. The largest absolute Gasteiger partial charge is 0.489 e. The summed E-state index contributed by atoms with van der Waals surface area (Å²) in [5, 5.41) is 0. The molecule has 140 valence electrons. The van der Waals surface area contributed by atoms with Gasteiger partial charge in [0.1, 0.15) is 35.6 Å². The van der Waals surface area contributed by atoms with E-state index in [9.17, 15) is 18.0 Å². The lowest BCUT2D eigenvalue weighted by molar-refractivity contribution is 0.101. The van der Waals surface area contributed by atoms with E-state index in [1.807, 2.05) is 0 Å². The molecule has 0 spiro atoms. The lowest BCUT2D eigenvalue weighted by atomic mass is 10.1. The fourth-order valence-corrected chi connectivity index (χ4v) is 2.83. The lowest BCUT2D eigenvalue weighted by Gasteiger charge is -2.09. The molecule has 0 atom stereocenters. The van der Waals surface area contributed by atoms with Crippen LogP contribution in [0.5, 0.6) is 11.5 Å². The number of carbonyl (C=O) groups is 1. The number of ether oxygens (including phenoxy) is 2. The summed E-state index contributed by atoms with van der Waals surface area (Å²) in [5.41, 5.74) is 0.626. The minimum atomic E-state index is -0.701. The van der Waals surface area contributed by atoms with Crippen LogP contribution in [0.15, 0.2) is 66.4 Å². The predicted octanol–water partition coefficient (Wildman–Crippen LogP) is 5.30. The van der Waals surface area contributed by atoms with Gasteiger partial charge < -0.3 is 9.47 Å². The van der Waals surface area contributed by atoms with Gasteiger partial charge in [0.2, 0.25) is 5.78 Å². The Morgan fingerprint density at radius 1 is 0.929 bits per heavy atom. The number of hydrogen-bond donors (Lipinski definition) is 0. The van der Waals surface area contributed by atoms with Crippen LogP contribution < -0.4 is 9.47 Å². The first-order valence-corrected chi connectivity index (χ1v) is 8.41. The van der Waals surface area contributed by atoms with Gasteiger partial charge in [0, 0.05) is 6.07 Å². The third-order valence-corrected chi connectivity index (χ3v) is 4.23. The minimum Gasteiger partial charge on any atom is -0.489 e. The maximum Gasteiger partial charge on any atom is 0.231 e. The standard InChI is InChI=1S/C22H13F3O3/c23-14-4-1-3-13(9-14)10-21-22(26)16-8-7-15(11-20(16)28-21)27-12-17-18(24)5-2-6-19(17)25/h1-11H,12H2/b21-10-. The molecule has 0 N–H and O–H groups in total. The number of fused-ring (bicyclic) bond motifs is 1. The van der Waals surface area contributed by atoms with Crippen molar-refractivity contribution in [3.8, 4) is 11.5 Å². The van der Waals surface area contributed by atoms with E-state index in [2.05, 4.69) is 0 Å². The zero-order valence-corrected chi connectivity index (χ0v) is 14.4. The van der Waals surface area contributed by atoms with E-state index >= 15 is 0 Å². The zero-order chi connectivity index (χ0) is 19.7. The summed E-state index contributed by atoms with van der Waals surface area (Å²) in [6.45, 7) is -0.308. The van der Waals surface area contributed by atoms with Gasteiger partial charge in [-0.05, 0) is 48.0 Å². The fraction of sp³-hybridized carbons (Fsp3) is 0.0455. The molecule has 6 heteroatoms. The molecule has 4 rings (SSSR count). The second kappa shape index (κ2) is 7.23. The number of ketones is 1. The maximum atomic E-state index is 13.7. The molecule has 28 heavy (non-hydrogen) atoms. The lowest BCUT2D eigenvalue weighted by Crippen LogP contribution is -2.01. The molecule has 0 amide bonds. The van der Waals surface area contributed by atoms with Crippen molar-refractivity contribution in [2.24, 2.45) is 0 Å². The van der Waals surface area contributed by atoms with Crippen molar-refractivity contribution in [2.75, 3.05) is 0 Å². The predicted molar refractivity (Wildman–Crippen MR) is 96.5 cm³/mol. The summed E-state index contributed by atoms with van der Waals surface area (Å²) in [5.74, 6) is -1.56. The molecule has 3 nitrogen and oxygen atoms in total. The van der Waals surface area contributed by atoms with E-state index in [0.717, 1.165) is 12.1 Å². The highest BCUT2D eigenvalue weighted by molar-refractivity contribution is 6.14. The van der Waals surface area contributed by atoms with Gasteiger partial charge in [0.05, 0.1) is 11.1 Å². The summed E-state index contributed by atoms with van der Waals surface area (Å²) in [7, 11) is 0. The van der Waals surface area contributed by atoms with Crippen molar-refractivity contribution < 1.29 is 27.4 Å². The van der Waals surface area contributed by atoms with Crippen molar-refractivity contribution in [3.63, 3.8) is 0 Å². The fourth-order valence-electron chi connectivity index (χ4n) is 2.83. The van der Waals surface area contributed by atoms with Gasteiger partial charge in [0.25, 0.3) is 0 Å². The topological polar surface area (TPSA) is 35.5 Å². The first-order chi connectivity index (χ1) is 13.5. The normalized spacial score (nSPS) is 14.1. The van der Waals surface area contributed by atoms with Crippen molar-refractivity contribution in [2.45, 2.75) is 6.61 Å². The zero-order valence-electron chi connectivity index (χ0n) is 14.4. The van der Waals surface area contributed by atoms with Gasteiger partial charge in [-0.3, -0.25) is 4.79 Å². The summed E-state index contributed by atoms with van der Waals surface area (Å²) in [4.78, 5) is 12.4. The molecule has 1 aliphatic rings. The Morgan fingerprint density at radius 2 is 1.68 bits per heavy atom. The van der Waals surface area contributed by atoms with E-state index < -0.39 is 17.5 Å². The Labute approximate surface area is 158 Å². The third kappa shape index (κ3) is 3.49. The summed E-state index contributed by atoms with van der Waals surface area (Å²) in [6.07, 6.45) is 1.45. The number of carbonyl (C=O) groups excluding carboxylic acids is 1. The Balaban J connectivity index is 1.54. The van der Waals surface area contributed by atoms with Crippen LogP contribution in [0, 0.1) is 17.5 Å². The van der Waals surface area contributed by atoms with Crippen LogP contribution >= 0.6 is 0 Å². The average molecular weight is 382 g/mol. The van der Waals surface area contributed by atoms with Gasteiger partial charge in [-0.2, -0.15) is 0 Å². The number of Topliss-reactive ketones (excluding diaryl/α,β-unsaturated/α-hetero) is 1. The van der Waals surface area contributed by atoms with Gasteiger partial charge in [0.15, 0.2) is 5.76 Å². The third-order valence-electron chi connectivity index (χ3n) is 4.23. The van der Waals surface area contributed by atoms with Crippen LogP contribution in [0.25, 0.3) is 6.08 Å². The molecule has 0 radical (unpaired) electrons. The van der Waals surface area contributed by atoms with E-state index in [1.54, 1.807) is 6.07 Å². The minimum absolute atomic E-state index is 0.0536. The molecule has 0 aliphatic carbocycles. The average Bonchev–Trinajstić information content (AvgIpc) is 2.96. The van der Waals surface area contributed by atoms with Crippen LogP contribution in [0.2, 0.25) is 0 Å². The molecule has 0 bridgehead atoms. The van der Waals surface area contributed by atoms with E-state index in [0.29, 0.717) is 16.9 Å². The van der Waals surface area contributed by atoms with E-state index in [1.165, 1.54) is 48.5 Å². The van der Waals surface area contributed by atoms with Crippen molar-refractivity contribution in [1.82, 2.24) is 0 Å². The molecular formula is C22H13F3O3. The molecular weight excluding hydrogens is 369 g/mol. The van der Waals surface area contributed by atoms with Gasteiger partial charge in [-0.15, -0.1) is 0 Å². The Kier molecular flexibility index (Phi) is 4.61. The summed E-state index contributed by atoms with van der Waals surface area (Å²) >= 11 is 0. The Bertz CT molecular complexity index is 1090. The molecule has 1 heterocycles. The monoisotopic (exact) mass is 382 g/mol. The molecule has 0 saturated heterocycles. The smallest absolute Gasteiger partial charge is 0.231 e. The number of allylic oxidation sites excluding steroid dienone is 1. The number of rotatable bonds is 4. The van der Waals surface area contributed by atoms with Crippen LogP contribution in [0.4, 0.5) is 13.2 Å². The first-order valence-electron chi connectivity index (χ1n) is 8.41. The molecule has 0 saturated carbocycles. The highest BCUT2D eigenvalue weighted by atomic mass is 19.1. The quantitative estimate of drug-likeness (QED) is 0.575. The second-order valence-electron chi connectivity index (χ2n) is 6.14. The van der Waals surface area contributed by atoms with Crippen molar-refractivity contribution in [1.29, 1.82) is 0 Å². The molecule has 0 aromatic heterocycles. The second-order valence-corrected chi connectivity index (χ2v) is 6.14. The number of hydrogen-bond acceptors (Lipinski definition) is 3. The Morgan fingerprint density at radius 3 is 2.43 bits per heavy atom. The highest BCUT2D eigenvalue weighted by Gasteiger charge is 2.27. The molecule has 0 unspecified atom stereocenters. The molecule has 3 aromatic rings. The van der Waals surface area contributed by atoms with E-state index in [4.69, 9.17) is 9.47 Å². The molecule has 3 aromatic carbocycles. The van der Waals surface area contributed by atoms with Crippen LogP contribution in [0.1, 0.15) is 21.5 Å². The van der Waals surface area contributed by atoms with Gasteiger partial charge in [-0.1, -0.05) is 18.2 Å². The van der Waals surface area contributed by atoms with E-state index in [-0.39, 0.29) is 29.5 Å². The summed E-state index contributed by atoms with van der Waals surface area (Å²) in [6, 6.07) is 13.8. The van der Waals surface area contributed by atoms with Gasteiger partial charge in [-0.25, -0.2) is 13.2 Å². The van der Waals surface area contributed by atoms with Gasteiger partial charge >= 0.3 is 0 Å². The van der Waals surface area contributed by atoms with Crippen LogP contribution in [-0.2, 0) is 6.61 Å². The molecule has 0 fully saturated rings. The number of halogens is 3. The van der Waals surface area contributed by atoms with Crippen molar-refractivity contribution in [3.05, 3.63) is 101 Å². The number of benzene rings is 3. The van der Waals surface area contributed by atoms with Crippen LogP contribution in [0.3, 0.4) is 0 Å². The molecule has 1 aliphatic heterocycles. The van der Waals surface area contributed by atoms with Crippen molar-refractivity contribution >= 4 is 11.9 Å². The highest BCUT2D eigenvalue weighted by Crippen LogP contribution is 2.35. The SMILES string of the molecule is O=C1/C(=C/c2cccc(F)c2)Oc2cc(OCc3c(F)cccc3F)ccc21. The summed E-state index contributed by atoms with van der Waals surface area (Å²) < 4.78 is 51.7. The Hall–Kier alpha value is -3.54. The van der Waals surface area contributed by atoms with Crippen LogP contribution in [-0.4, -0.2) is 5.78 Å². The first kappa shape index (κ1) is 17.9.